The van der Waals surface area contributed by atoms with Crippen molar-refractivity contribution in [2.24, 2.45) is 28.6 Å². The van der Waals surface area contributed by atoms with Crippen LogP contribution in [0.4, 0.5) is 0 Å². The van der Waals surface area contributed by atoms with Gasteiger partial charge in [-0.25, -0.2) is 0 Å². The first-order valence-corrected chi connectivity index (χ1v) is 10.7. The van der Waals surface area contributed by atoms with E-state index in [1.54, 1.807) is 6.08 Å². The lowest BCUT2D eigenvalue weighted by Gasteiger charge is -2.56. The largest absolute Gasteiger partial charge is 0.454 e. The molecule has 4 nitrogen and oxygen atoms in total. The Morgan fingerprint density at radius 3 is 2.72 bits per heavy atom. The average Bonchev–Trinajstić information content (AvgIpc) is 2.95. The van der Waals surface area contributed by atoms with Gasteiger partial charge in [-0.15, -0.1) is 0 Å². The van der Waals surface area contributed by atoms with Crippen LogP contribution in [0.5, 0.6) is 0 Å². The van der Waals surface area contributed by atoms with E-state index in [9.17, 15) is 14.7 Å². The first-order chi connectivity index (χ1) is 13.6. The van der Waals surface area contributed by atoms with Gasteiger partial charge in [0.15, 0.2) is 5.78 Å². The van der Waals surface area contributed by atoms with Crippen LogP contribution in [-0.2, 0) is 14.3 Å². The van der Waals surface area contributed by atoms with E-state index >= 15 is 0 Å². The van der Waals surface area contributed by atoms with Crippen molar-refractivity contribution in [3.05, 3.63) is 47.6 Å². The molecule has 0 aliphatic heterocycles. The Morgan fingerprint density at radius 1 is 1.34 bits per heavy atom. The van der Waals surface area contributed by atoms with Crippen LogP contribution in [0.3, 0.4) is 0 Å². The van der Waals surface area contributed by atoms with Crippen LogP contribution < -0.4 is 0 Å². The van der Waals surface area contributed by atoms with Gasteiger partial charge < -0.3 is 9.84 Å². The van der Waals surface area contributed by atoms with Crippen molar-refractivity contribution in [2.45, 2.75) is 59.0 Å². The number of fused-ring (bicyclic) bond motifs is 5. The number of ketones is 1. The second-order valence-corrected chi connectivity index (χ2v) is 9.89. The lowest BCUT2D eigenvalue weighted by Crippen LogP contribution is -2.54. The number of rotatable bonds is 3. The molecule has 0 spiro atoms. The predicted octanol–water partition coefficient (Wildman–Crippen LogP) is 4.31. The third-order valence-corrected chi connectivity index (χ3v) is 8.48. The molecule has 0 aromatic carbocycles. The van der Waals surface area contributed by atoms with Crippen molar-refractivity contribution < 1.29 is 19.4 Å². The highest BCUT2D eigenvalue weighted by Gasteiger charge is 2.65. The Hall–Kier alpha value is -1.94. The average molecular weight is 397 g/mol. The Labute approximate surface area is 173 Å². The van der Waals surface area contributed by atoms with Gasteiger partial charge >= 0.3 is 5.97 Å². The summed E-state index contributed by atoms with van der Waals surface area (Å²) in [5.74, 6) is 0.796. The van der Waals surface area contributed by atoms with Crippen molar-refractivity contribution in [1.82, 2.24) is 0 Å². The summed E-state index contributed by atoms with van der Waals surface area (Å²) in [7, 11) is 0. The first kappa shape index (κ1) is 20.3. The number of hydrogen-bond donors (Lipinski definition) is 1. The molecule has 2 fully saturated rings. The van der Waals surface area contributed by atoms with Gasteiger partial charge in [0.25, 0.3) is 0 Å². The maximum atomic E-state index is 12.0. The fourth-order valence-corrected chi connectivity index (χ4v) is 7.12. The molecule has 29 heavy (non-hydrogen) atoms. The maximum Gasteiger partial charge on any atom is 0.303 e. The molecule has 4 heteroatoms. The smallest absolute Gasteiger partial charge is 0.303 e. The Morgan fingerprint density at radius 2 is 2.07 bits per heavy atom. The third kappa shape index (κ3) is 2.61. The second-order valence-electron chi connectivity index (χ2n) is 9.89. The first-order valence-electron chi connectivity index (χ1n) is 10.7. The number of carbonyl (C=O) groups excluding carboxylic acids is 2. The van der Waals surface area contributed by atoms with E-state index in [-0.39, 0.29) is 29.2 Å². The van der Waals surface area contributed by atoms with E-state index in [2.05, 4.69) is 39.5 Å². The summed E-state index contributed by atoms with van der Waals surface area (Å²) in [4.78, 5) is 24.1. The second kappa shape index (κ2) is 6.53. The van der Waals surface area contributed by atoms with Gasteiger partial charge in [-0.05, 0) is 73.7 Å². The molecule has 0 aromatic heterocycles. The fraction of sp³-hybridized carbons (Fsp3) is 0.600. The molecule has 4 aliphatic carbocycles. The summed E-state index contributed by atoms with van der Waals surface area (Å²) in [6, 6.07) is 0. The van der Waals surface area contributed by atoms with Crippen LogP contribution in [0.1, 0.15) is 53.4 Å². The molecule has 156 valence electrons. The minimum absolute atomic E-state index is 0.0815. The molecule has 0 saturated heterocycles. The quantitative estimate of drug-likeness (QED) is 0.570. The molecule has 4 rings (SSSR count). The zero-order chi connectivity index (χ0) is 21.2. The Balaban J connectivity index is 1.81. The van der Waals surface area contributed by atoms with Crippen molar-refractivity contribution in [3.63, 3.8) is 0 Å². The summed E-state index contributed by atoms with van der Waals surface area (Å²) in [5.41, 5.74) is 1.91. The number of aliphatic hydroxyl groups is 1. The highest BCUT2D eigenvalue weighted by molar-refractivity contribution is 6.01. The topological polar surface area (TPSA) is 63.6 Å². The van der Waals surface area contributed by atoms with E-state index in [0.29, 0.717) is 29.7 Å². The predicted molar refractivity (Wildman–Crippen MR) is 112 cm³/mol. The van der Waals surface area contributed by atoms with Crippen LogP contribution >= 0.6 is 0 Å². The van der Waals surface area contributed by atoms with Gasteiger partial charge in [0.05, 0.1) is 6.61 Å². The SMILES string of the molecule is C=C(CO)C1(OC(C)=O)CCC2C3CC(C)C4=CC(=O)C=CC4(C)C3=CCC21C. The summed E-state index contributed by atoms with van der Waals surface area (Å²) in [6.45, 7) is 12.0. The molecule has 6 unspecified atom stereocenters. The third-order valence-electron chi connectivity index (χ3n) is 8.48. The van der Waals surface area contributed by atoms with Gasteiger partial charge in [-0.2, -0.15) is 0 Å². The van der Waals surface area contributed by atoms with Gasteiger partial charge in [0.2, 0.25) is 0 Å². The minimum atomic E-state index is -0.821. The van der Waals surface area contributed by atoms with E-state index in [4.69, 9.17) is 4.74 Å². The van der Waals surface area contributed by atoms with Crippen LogP contribution in [-0.4, -0.2) is 29.1 Å². The number of esters is 1. The molecule has 0 radical (unpaired) electrons. The van der Waals surface area contributed by atoms with Crippen molar-refractivity contribution in [1.29, 1.82) is 0 Å². The number of aliphatic hydroxyl groups excluding tert-OH is 1. The van der Waals surface area contributed by atoms with Gasteiger partial charge in [0, 0.05) is 17.8 Å². The van der Waals surface area contributed by atoms with E-state index in [1.165, 1.54) is 18.1 Å². The highest BCUT2D eigenvalue weighted by atomic mass is 16.6. The monoisotopic (exact) mass is 396 g/mol. The van der Waals surface area contributed by atoms with Gasteiger partial charge in [-0.1, -0.05) is 38.2 Å². The molecule has 0 heterocycles. The standard InChI is InChI=1S/C25H32O4/c1-15-12-19-20(23(4)9-6-18(28)13-22(15)23)7-10-24(5)21(19)8-11-25(24,16(2)14-26)29-17(3)27/h6-7,9,13,15,19,21,26H,2,8,10-12,14H2,1,3-5H3. The van der Waals surface area contributed by atoms with Crippen molar-refractivity contribution >= 4 is 11.8 Å². The molecule has 0 aromatic rings. The molecule has 4 aliphatic rings. The van der Waals surface area contributed by atoms with E-state index < -0.39 is 5.60 Å². The van der Waals surface area contributed by atoms with Crippen LogP contribution in [0, 0.1) is 28.6 Å². The zero-order valence-electron chi connectivity index (χ0n) is 18.0. The minimum Gasteiger partial charge on any atom is -0.454 e. The zero-order valence-corrected chi connectivity index (χ0v) is 18.0. The number of hydrogen-bond acceptors (Lipinski definition) is 4. The molecule has 1 N–H and O–H groups in total. The summed E-state index contributed by atoms with van der Waals surface area (Å²) in [6.07, 6.45) is 11.4. The van der Waals surface area contributed by atoms with E-state index in [1.807, 2.05) is 6.08 Å². The van der Waals surface area contributed by atoms with E-state index in [0.717, 1.165) is 19.3 Å². The lowest BCUT2D eigenvalue weighted by atomic mass is 9.49. The Bertz CT molecular complexity index is 877. The number of carbonyl (C=O) groups is 2. The molecular formula is C25H32O4. The summed E-state index contributed by atoms with van der Waals surface area (Å²) < 4.78 is 5.98. The van der Waals surface area contributed by atoms with Crippen LogP contribution in [0.15, 0.2) is 47.6 Å². The number of allylic oxidation sites excluding steroid dienone is 6. The van der Waals surface area contributed by atoms with Crippen LogP contribution in [0.2, 0.25) is 0 Å². The van der Waals surface area contributed by atoms with Crippen molar-refractivity contribution in [2.75, 3.05) is 6.61 Å². The normalized spacial score (nSPS) is 42.9. The summed E-state index contributed by atoms with van der Waals surface area (Å²) >= 11 is 0. The molecule has 6 atom stereocenters. The lowest BCUT2D eigenvalue weighted by molar-refractivity contribution is -0.167. The van der Waals surface area contributed by atoms with Gasteiger partial charge in [-0.3, -0.25) is 9.59 Å². The molecule has 0 bridgehead atoms. The highest BCUT2D eigenvalue weighted by Crippen LogP contribution is 2.67. The van der Waals surface area contributed by atoms with Crippen LogP contribution in [0.25, 0.3) is 0 Å². The molecular weight excluding hydrogens is 364 g/mol. The Kier molecular flexibility index (Phi) is 4.58. The number of ether oxygens (including phenoxy) is 1. The fourth-order valence-electron chi connectivity index (χ4n) is 7.12. The maximum absolute atomic E-state index is 12.0. The summed E-state index contributed by atoms with van der Waals surface area (Å²) in [5, 5.41) is 9.92. The molecule has 0 amide bonds. The van der Waals surface area contributed by atoms with Crippen molar-refractivity contribution in [3.8, 4) is 0 Å². The molecule has 2 saturated carbocycles. The van der Waals surface area contributed by atoms with Gasteiger partial charge in [0.1, 0.15) is 5.60 Å².